The Bertz CT molecular complexity index is 1250. The van der Waals surface area contributed by atoms with Crippen molar-refractivity contribution >= 4 is 17.5 Å². The van der Waals surface area contributed by atoms with Gasteiger partial charge in [0.2, 0.25) is 17.5 Å². The predicted molar refractivity (Wildman–Crippen MR) is 127 cm³/mol. The molecule has 1 unspecified atom stereocenters. The van der Waals surface area contributed by atoms with Crippen molar-refractivity contribution in [3.05, 3.63) is 88.8 Å². The van der Waals surface area contributed by atoms with Gasteiger partial charge in [0.25, 0.3) is 5.91 Å². The van der Waals surface area contributed by atoms with E-state index in [2.05, 4.69) is 15.5 Å². The minimum absolute atomic E-state index is 0.233. The molecule has 0 aliphatic heterocycles. The lowest BCUT2D eigenvalue weighted by Gasteiger charge is -2.17. The van der Waals surface area contributed by atoms with Gasteiger partial charge in [0, 0.05) is 16.1 Å². The minimum atomic E-state index is -0.693. The van der Waals surface area contributed by atoms with Crippen LogP contribution < -0.4 is 19.5 Å². The second-order valence-electron chi connectivity index (χ2n) is 7.18. The summed E-state index contributed by atoms with van der Waals surface area (Å²) >= 11 is 5.97. The Balaban J connectivity index is 1.69. The Morgan fingerprint density at radius 2 is 1.56 bits per heavy atom. The summed E-state index contributed by atoms with van der Waals surface area (Å²) in [5, 5.41) is 11.9. The smallest absolute Gasteiger partial charge is 0.252 e. The number of hydrogen-bond acceptors (Lipinski definition) is 7. The van der Waals surface area contributed by atoms with E-state index < -0.39 is 6.04 Å². The number of aromatic nitrogens is 2. The van der Waals surface area contributed by atoms with Crippen molar-refractivity contribution in [2.24, 2.45) is 0 Å². The summed E-state index contributed by atoms with van der Waals surface area (Å²) in [5.74, 6) is 1.29. The number of carbonyl (C=O) groups excluding carboxylic acids is 1. The Hall–Kier alpha value is -4.04. The molecule has 0 bridgehead atoms. The van der Waals surface area contributed by atoms with E-state index in [4.69, 9.17) is 30.2 Å². The molecule has 1 heterocycles. The molecule has 8 nitrogen and oxygen atoms in total. The fourth-order valence-electron chi connectivity index (χ4n) is 3.42. The van der Waals surface area contributed by atoms with Crippen LogP contribution in [0, 0.1) is 0 Å². The molecule has 174 valence electrons. The van der Waals surface area contributed by atoms with E-state index in [-0.39, 0.29) is 11.8 Å². The largest absolute Gasteiger partial charge is 0.493 e. The third-order valence-corrected chi connectivity index (χ3v) is 5.37. The molecule has 0 saturated heterocycles. The molecule has 4 rings (SSSR count). The summed E-state index contributed by atoms with van der Waals surface area (Å²) < 4.78 is 22.0. The number of benzene rings is 3. The first-order valence-corrected chi connectivity index (χ1v) is 10.7. The van der Waals surface area contributed by atoms with Gasteiger partial charge in [-0.2, -0.15) is 0 Å². The molecule has 0 fully saturated rings. The highest BCUT2D eigenvalue weighted by atomic mass is 35.5. The molecule has 1 N–H and O–H groups in total. The molecule has 1 aromatic heterocycles. The summed E-state index contributed by atoms with van der Waals surface area (Å²) in [7, 11) is 4.48. The SMILES string of the molecule is COc1cc(C(=O)NC(c2ccccc2)c2nnc(-c3ccc(Cl)cc3)o2)cc(OC)c1OC. The standard InChI is InChI=1S/C25H22ClN3O5/c1-31-19-13-17(14-20(32-2)22(19)33-3)23(30)27-21(15-7-5-4-6-8-15)25-29-28-24(34-25)16-9-11-18(26)12-10-16/h4-14,21H,1-3H3,(H,27,30). The van der Waals surface area contributed by atoms with Gasteiger partial charge in [-0.05, 0) is 42.0 Å². The molecule has 3 aromatic carbocycles. The first kappa shape index (κ1) is 23.1. The molecule has 1 atom stereocenters. The Morgan fingerprint density at radius 1 is 0.912 bits per heavy atom. The number of methoxy groups -OCH3 is 3. The van der Waals surface area contributed by atoms with E-state index in [1.165, 1.54) is 21.3 Å². The van der Waals surface area contributed by atoms with Crippen molar-refractivity contribution in [1.82, 2.24) is 15.5 Å². The van der Waals surface area contributed by atoms with Crippen LogP contribution in [0.4, 0.5) is 0 Å². The number of carbonyl (C=O) groups is 1. The van der Waals surface area contributed by atoms with Crippen molar-refractivity contribution < 1.29 is 23.4 Å². The van der Waals surface area contributed by atoms with Gasteiger partial charge in [0.15, 0.2) is 11.5 Å². The van der Waals surface area contributed by atoms with Gasteiger partial charge in [-0.1, -0.05) is 41.9 Å². The van der Waals surface area contributed by atoms with Crippen molar-refractivity contribution in [1.29, 1.82) is 0 Å². The van der Waals surface area contributed by atoms with Crippen LogP contribution in [0.5, 0.6) is 17.2 Å². The highest BCUT2D eigenvalue weighted by Gasteiger charge is 2.25. The van der Waals surface area contributed by atoms with E-state index in [1.54, 1.807) is 36.4 Å². The van der Waals surface area contributed by atoms with E-state index in [1.807, 2.05) is 30.3 Å². The highest BCUT2D eigenvalue weighted by molar-refractivity contribution is 6.30. The van der Waals surface area contributed by atoms with Gasteiger partial charge < -0.3 is 23.9 Å². The third-order valence-electron chi connectivity index (χ3n) is 5.11. The third kappa shape index (κ3) is 4.82. The number of rotatable bonds is 8. The number of nitrogens with one attached hydrogen (secondary N) is 1. The first-order valence-electron chi connectivity index (χ1n) is 10.3. The second kappa shape index (κ2) is 10.3. The van der Waals surface area contributed by atoms with Crippen molar-refractivity contribution in [3.63, 3.8) is 0 Å². The van der Waals surface area contributed by atoms with Gasteiger partial charge >= 0.3 is 0 Å². The molecule has 0 spiro atoms. The Morgan fingerprint density at radius 3 is 2.15 bits per heavy atom. The summed E-state index contributed by atoms with van der Waals surface area (Å²) in [6.07, 6.45) is 0. The normalized spacial score (nSPS) is 11.5. The number of amides is 1. The zero-order valence-electron chi connectivity index (χ0n) is 18.7. The maximum Gasteiger partial charge on any atom is 0.252 e. The van der Waals surface area contributed by atoms with Crippen LogP contribution in [0.1, 0.15) is 27.9 Å². The maximum absolute atomic E-state index is 13.3. The molecule has 34 heavy (non-hydrogen) atoms. The molecule has 0 aliphatic carbocycles. The van der Waals surface area contributed by atoms with Gasteiger partial charge in [-0.15, -0.1) is 10.2 Å². The first-order chi connectivity index (χ1) is 16.5. The van der Waals surface area contributed by atoms with Crippen LogP contribution >= 0.6 is 11.6 Å². The molecule has 9 heteroatoms. The van der Waals surface area contributed by atoms with Crippen LogP contribution in [0.3, 0.4) is 0 Å². The zero-order valence-corrected chi connectivity index (χ0v) is 19.5. The second-order valence-corrected chi connectivity index (χ2v) is 7.62. The van der Waals surface area contributed by atoms with Crippen LogP contribution in [-0.2, 0) is 0 Å². The summed E-state index contributed by atoms with van der Waals surface area (Å²) in [6.45, 7) is 0. The number of hydrogen-bond donors (Lipinski definition) is 1. The van der Waals surface area contributed by atoms with Crippen molar-refractivity contribution in [3.8, 4) is 28.7 Å². The Kier molecular flexibility index (Phi) is 6.98. The lowest BCUT2D eigenvalue weighted by atomic mass is 10.1. The molecule has 0 saturated carbocycles. The van der Waals surface area contributed by atoms with E-state index in [0.717, 1.165) is 5.56 Å². The van der Waals surface area contributed by atoms with Gasteiger partial charge in [-0.25, -0.2) is 0 Å². The average Bonchev–Trinajstić information content (AvgIpc) is 3.37. The maximum atomic E-state index is 13.3. The van der Waals surface area contributed by atoms with Gasteiger partial charge in [-0.3, -0.25) is 4.79 Å². The average molecular weight is 480 g/mol. The number of nitrogens with zero attached hydrogens (tertiary/aromatic N) is 2. The number of ether oxygens (including phenoxy) is 3. The fourth-order valence-corrected chi connectivity index (χ4v) is 3.55. The summed E-state index contributed by atoms with van der Waals surface area (Å²) in [6, 6.07) is 18.8. The lowest BCUT2D eigenvalue weighted by molar-refractivity contribution is 0.0937. The molecule has 0 radical (unpaired) electrons. The predicted octanol–water partition coefficient (Wildman–Crippen LogP) is 4.94. The quantitative estimate of drug-likeness (QED) is 0.382. The molecule has 4 aromatic rings. The molecule has 1 amide bonds. The lowest BCUT2D eigenvalue weighted by Crippen LogP contribution is -2.29. The highest BCUT2D eigenvalue weighted by Crippen LogP contribution is 2.38. The van der Waals surface area contributed by atoms with Crippen LogP contribution in [-0.4, -0.2) is 37.4 Å². The van der Waals surface area contributed by atoms with Crippen molar-refractivity contribution in [2.75, 3.05) is 21.3 Å². The minimum Gasteiger partial charge on any atom is -0.493 e. The van der Waals surface area contributed by atoms with Gasteiger partial charge in [0.05, 0.1) is 21.3 Å². The van der Waals surface area contributed by atoms with Gasteiger partial charge in [0.1, 0.15) is 6.04 Å². The van der Waals surface area contributed by atoms with E-state index in [0.29, 0.717) is 39.3 Å². The van der Waals surface area contributed by atoms with Crippen LogP contribution in [0.25, 0.3) is 11.5 Å². The topological polar surface area (TPSA) is 95.7 Å². The Labute approximate surface area is 201 Å². The molecule has 0 aliphatic rings. The van der Waals surface area contributed by atoms with E-state index >= 15 is 0 Å². The summed E-state index contributed by atoms with van der Waals surface area (Å²) in [4.78, 5) is 13.3. The number of halogens is 1. The van der Waals surface area contributed by atoms with Crippen LogP contribution in [0.2, 0.25) is 5.02 Å². The zero-order chi connectivity index (χ0) is 24.1. The molecular weight excluding hydrogens is 458 g/mol. The van der Waals surface area contributed by atoms with Crippen LogP contribution in [0.15, 0.2) is 71.1 Å². The monoisotopic (exact) mass is 479 g/mol. The summed E-state index contributed by atoms with van der Waals surface area (Å²) in [5.41, 5.74) is 1.80. The van der Waals surface area contributed by atoms with E-state index in [9.17, 15) is 4.79 Å². The van der Waals surface area contributed by atoms with Crippen molar-refractivity contribution in [2.45, 2.75) is 6.04 Å². The molecular formula is C25H22ClN3O5. The fraction of sp³-hybridized carbons (Fsp3) is 0.160.